The van der Waals surface area contributed by atoms with Crippen LogP contribution in [0.1, 0.15) is 47.5 Å². The molecule has 2 N–H and O–H groups in total. The number of nitrogens with one attached hydrogen (secondary N) is 2. The van der Waals surface area contributed by atoms with Crippen LogP contribution in [0.2, 0.25) is 0 Å². The molecule has 1 saturated heterocycles. The Labute approximate surface area is 117 Å². The largest absolute Gasteiger partial charge is 0.364 e. The molecule has 1 aliphatic heterocycles. The number of piperidine rings is 1. The Hall–Kier alpha value is -0.810. The summed E-state index contributed by atoms with van der Waals surface area (Å²) in [5.41, 5.74) is 0.186. The zero-order valence-electron chi connectivity index (χ0n) is 13.2. The maximum atomic E-state index is 11.7. The van der Waals surface area contributed by atoms with Crippen LogP contribution in [-0.4, -0.2) is 48.4 Å². The fraction of sp³-hybridized carbons (Fsp3) is 0.929. The zero-order chi connectivity index (χ0) is 14.7. The number of carbonyl (C=O) groups excluding carboxylic acids is 1. The molecule has 0 aromatic heterocycles. The summed E-state index contributed by atoms with van der Waals surface area (Å²) in [5.74, 6) is 0. The van der Waals surface area contributed by atoms with Gasteiger partial charge in [0.25, 0.3) is 0 Å². The minimum absolute atomic E-state index is 0.0930. The van der Waals surface area contributed by atoms with Gasteiger partial charge in [0, 0.05) is 24.2 Å². The van der Waals surface area contributed by atoms with Gasteiger partial charge in [0.2, 0.25) is 0 Å². The normalized spacial score (nSPS) is 23.1. The third-order valence-electron chi connectivity index (χ3n) is 3.98. The molecule has 0 spiro atoms. The van der Waals surface area contributed by atoms with Crippen molar-refractivity contribution in [2.24, 2.45) is 0 Å². The van der Waals surface area contributed by atoms with Crippen LogP contribution < -0.4 is 10.6 Å². The number of nitrogens with zero attached hydrogens (tertiary/aromatic N) is 1. The topological polar surface area (TPSA) is 53.6 Å². The fourth-order valence-electron chi connectivity index (χ4n) is 3.65. The summed E-state index contributed by atoms with van der Waals surface area (Å²) in [6, 6.07) is 0.0491. The lowest BCUT2D eigenvalue weighted by Gasteiger charge is -2.55. The maximum Gasteiger partial charge on any atom is 0.316 e. The van der Waals surface area contributed by atoms with Gasteiger partial charge in [-0.25, -0.2) is 4.79 Å². The molecule has 0 atom stereocenters. The van der Waals surface area contributed by atoms with Gasteiger partial charge in [0.15, 0.2) is 0 Å². The molecule has 5 nitrogen and oxygen atoms in total. The number of hydrogen-bond donors (Lipinski definition) is 2. The quantitative estimate of drug-likeness (QED) is 0.768. The van der Waals surface area contributed by atoms with Gasteiger partial charge < -0.3 is 15.4 Å². The van der Waals surface area contributed by atoms with Gasteiger partial charge in [0.1, 0.15) is 6.73 Å². The Balaban J connectivity index is 2.66. The zero-order valence-corrected chi connectivity index (χ0v) is 13.2. The Morgan fingerprint density at radius 1 is 1.26 bits per heavy atom. The Kier molecular flexibility index (Phi) is 5.21. The number of ether oxygens (including phenoxy) is 1. The van der Waals surface area contributed by atoms with Crippen molar-refractivity contribution in [2.75, 3.05) is 20.4 Å². The molecule has 1 rings (SSSR count). The lowest BCUT2D eigenvalue weighted by atomic mass is 9.77. The molecule has 19 heavy (non-hydrogen) atoms. The Morgan fingerprint density at radius 2 is 1.79 bits per heavy atom. The maximum absolute atomic E-state index is 11.7. The number of likely N-dealkylation sites (tertiary alicyclic amines) is 1. The summed E-state index contributed by atoms with van der Waals surface area (Å²) in [4.78, 5) is 14.2. The first-order chi connectivity index (χ1) is 8.73. The van der Waals surface area contributed by atoms with Crippen LogP contribution in [-0.2, 0) is 4.74 Å². The van der Waals surface area contributed by atoms with Gasteiger partial charge in [0.05, 0.1) is 0 Å². The molecule has 1 heterocycles. The minimum atomic E-state index is -0.150. The lowest BCUT2D eigenvalue weighted by molar-refractivity contribution is -0.0343. The number of hydrogen-bond acceptors (Lipinski definition) is 3. The molecule has 0 aliphatic carbocycles. The molecule has 0 unspecified atom stereocenters. The van der Waals surface area contributed by atoms with Crippen molar-refractivity contribution >= 4 is 6.03 Å². The fourth-order valence-corrected chi connectivity index (χ4v) is 3.65. The van der Waals surface area contributed by atoms with Crippen molar-refractivity contribution < 1.29 is 9.53 Å². The summed E-state index contributed by atoms with van der Waals surface area (Å²) < 4.78 is 4.84. The first kappa shape index (κ1) is 16.2. The van der Waals surface area contributed by atoms with E-state index in [9.17, 15) is 4.79 Å². The predicted molar refractivity (Wildman–Crippen MR) is 77.1 cm³/mol. The Morgan fingerprint density at radius 3 is 2.21 bits per heavy atom. The molecule has 112 valence electrons. The predicted octanol–water partition coefficient (Wildman–Crippen LogP) is 1.93. The second kappa shape index (κ2) is 6.09. The van der Waals surface area contributed by atoms with E-state index in [1.54, 1.807) is 7.11 Å². The summed E-state index contributed by atoms with van der Waals surface area (Å²) >= 11 is 0. The number of urea groups is 1. The molecular weight excluding hydrogens is 242 g/mol. The van der Waals surface area contributed by atoms with Crippen molar-refractivity contribution in [1.82, 2.24) is 15.5 Å². The van der Waals surface area contributed by atoms with Gasteiger partial charge >= 0.3 is 6.03 Å². The SMILES string of the molecule is CCN1C(C)(C)CC(NC(=O)NCOC)CC1(C)C. The molecule has 0 bridgehead atoms. The molecule has 2 amide bonds. The first-order valence-electron chi connectivity index (χ1n) is 7.04. The standard InChI is InChI=1S/C14H29N3O2/c1-7-17-13(2,3)8-11(9-14(17,4)5)16-12(18)15-10-19-6/h11H,7-10H2,1-6H3,(H2,15,16,18). The van der Waals surface area contributed by atoms with Gasteiger partial charge in [-0.15, -0.1) is 0 Å². The van der Waals surface area contributed by atoms with E-state index in [2.05, 4.69) is 50.2 Å². The Bertz CT molecular complexity index is 298. The number of rotatable bonds is 4. The second-order valence-corrected chi connectivity index (χ2v) is 6.56. The van der Waals surface area contributed by atoms with Crippen LogP contribution in [0.15, 0.2) is 0 Å². The van der Waals surface area contributed by atoms with E-state index < -0.39 is 0 Å². The minimum Gasteiger partial charge on any atom is -0.364 e. The summed E-state index contributed by atoms with van der Waals surface area (Å²) in [6.07, 6.45) is 1.93. The van der Waals surface area contributed by atoms with E-state index in [1.807, 2.05) is 0 Å². The molecule has 5 heteroatoms. The van der Waals surface area contributed by atoms with Crippen molar-refractivity contribution in [1.29, 1.82) is 0 Å². The highest BCUT2D eigenvalue weighted by Gasteiger charge is 2.44. The average Bonchev–Trinajstić information content (AvgIpc) is 2.23. The summed E-state index contributed by atoms with van der Waals surface area (Å²) in [6.45, 7) is 12.5. The summed E-state index contributed by atoms with van der Waals surface area (Å²) in [7, 11) is 1.56. The van der Waals surface area contributed by atoms with Gasteiger partial charge in [-0.1, -0.05) is 6.92 Å². The van der Waals surface area contributed by atoms with Crippen LogP contribution in [0.4, 0.5) is 4.79 Å². The first-order valence-corrected chi connectivity index (χ1v) is 7.04. The second-order valence-electron chi connectivity index (χ2n) is 6.56. The summed E-state index contributed by atoms with van der Waals surface area (Å²) in [5, 5.41) is 5.73. The molecule has 0 aromatic carbocycles. The molecule has 0 radical (unpaired) electrons. The molecule has 0 saturated carbocycles. The van der Waals surface area contributed by atoms with E-state index in [0.717, 1.165) is 19.4 Å². The molecule has 0 aromatic rings. The van der Waals surface area contributed by atoms with Crippen LogP contribution in [0, 0.1) is 0 Å². The van der Waals surface area contributed by atoms with Gasteiger partial charge in [-0.3, -0.25) is 4.90 Å². The van der Waals surface area contributed by atoms with E-state index in [-0.39, 0.29) is 29.9 Å². The van der Waals surface area contributed by atoms with Gasteiger partial charge in [-0.2, -0.15) is 0 Å². The molecular formula is C14H29N3O2. The van der Waals surface area contributed by atoms with Gasteiger partial charge in [-0.05, 0) is 47.1 Å². The number of methoxy groups -OCH3 is 1. The average molecular weight is 271 g/mol. The van der Waals surface area contributed by atoms with E-state index >= 15 is 0 Å². The number of carbonyl (C=O) groups is 1. The van der Waals surface area contributed by atoms with Crippen LogP contribution in [0.5, 0.6) is 0 Å². The third kappa shape index (κ3) is 4.08. The highest BCUT2D eigenvalue weighted by atomic mass is 16.5. The van der Waals surface area contributed by atoms with Crippen molar-refractivity contribution in [3.05, 3.63) is 0 Å². The van der Waals surface area contributed by atoms with Crippen LogP contribution in [0.25, 0.3) is 0 Å². The van der Waals surface area contributed by atoms with E-state index in [4.69, 9.17) is 4.74 Å². The third-order valence-corrected chi connectivity index (χ3v) is 3.98. The lowest BCUT2D eigenvalue weighted by Crippen LogP contribution is -2.64. The molecule has 1 fully saturated rings. The highest BCUT2D eigenvalue weighted by Crippen LogP contribution is 2.37. The monoisotopic (exact) mass is 271 g/mol. The highest BCUT2D eigenvalue weighted by molar-refractivity contribution is 5.74. The van der Waals surface area contributed by atoms with E-state index in [1.165, 1.54) is 0 Å². The van der Waals surface area contributed by atoms with Crippen LogP contribution >= 0.6 is 0 Å². The van der Waals surface area contributed by atoms with Crippen molar-refractivity contribution in [3.63, 3.8) is 0 Å². The van der Waals surface area contributed by atoms with Crippen molar-refractivity contribution in [3.8, 4) is 0 Å². The number of amides is 2. The van der Waals surface area contributed by atoms with Crippen LogP contribution in [0.3, 0.4) is 0 Å². The molecule has 1 aliphatic rings. The van der Waals surface area contributed by atoms with E-state index in [0.29, 0.717) is 0 Å². The smallest absolute Gasteiger partial charge is 0.316 e. The van der Waals surface area contributed by atoms with Crippen molar-refractivity contribution in [2.45, 2.75) is 64.6 Å².